The van der Waals surface area contributed by atoms with Gasteiger partial charge in [-0.1, -0.05) is 54.1 Å². The Labute approximate surface area is 153 Å². The summed E-state index contributed by atoms with van der Waals surface area (Å²) in [7, 11) is 1.44. The van der Waals surface area contributed by atoms with Gasteiger partial charge in [-0.25, -0.2) is 0 Å². The fourth-order valence-electron chi connectivity index (χ4n) is 3.78. The van der Waals surface area contributed by atoms with E-state index in [1.807, 2.05) is 49.4 Å². The summed E-state index contributed by atoms with van der Waals surface area (Å²) in [5.41, 5.74) is 4.22. The van der Waals surface area contributed by atoms with Crippen LogP contribution in [-0.4, -0.2) is 48.3 Å². The van der Waals surface area contributed by atoms with Crippen molar-refractivity contribution in [1.29, 1.82) is 5.26 Å². The predicted molar refractivity (Wildman–Crippen MR) is 98.4 cm³/mol. The van der Waals surface area contributed by atoms with Crippen LogP contribution in [0.3, 0.4) is 0 Å². The average molecular weight is 350 g/mol. The molecule has 0 unspecified atom stereocenters. The van der Waals surface area contributed by atoms with E-state index in [9.17, 15) is 15.2 Å². The van der Waals surface area contributed by atoms with Gasteiger partial charge >= 0.3 is 0 Å². The molecule has 0 bridgehead atoms. The fraction of sp³-hybridized carbons (Fsp3) is 0.333. The van der Waals surface area contributed by atoms with Gasteiger partial charge in [-0.15, -0.1) is 0 Å². The van der Waals surface area contributed by atoms with Crippen molar-refractivity contribution in [2.45, 2.75) is 24.9 Å². The Balaban J connectivity index is 2.01. The molecule has 0 saturated carbocycles. The largest absolute Gasteiger partial charge is 0.394 e. The molecule has 0 spiro atoms. The van der Waals surface area contributed by atoms with Crippen LogP contribution in [0.2, 0.25) is 0 Å². The summed E-state index contributed by atoms with van der Waals surface area (Å²) in [6.07, 6.45) is 0. The molecule has 1 aliphatic rings. The number of ether oxygens (including phenoxy) is 1. The zero-order valence-electron chi connectivity index (χ0n) is 14.9. The highest BCUT2D eigenvalue weighted by Gasteiger charge is 2.52. The molecule has 1 aliphatic heterocycles. The van der Waals surface area contributed by atoms with E-state index in [2.05, 4.69) is 12.1 Å². The maximum absolute atomic E-state index is 12.3. The molecule has 1 saturated heterocycles. The highest BCUT2D eigenvalue weighted by Crippen LogP contribution is 2.44. The molecule has 0 radical (unpaired) electrons. The number of carbonyl (C=O) groups is 1. The molecule has 1 fully saturated rings. The lowest BCUT2D eigenvalue weighted by Gasteiger charge is -2.52. The van der Waals surface area contributed by atoms with Crippen molar-refractivity contribution in [3.05, 3.63) is 59.7 Å². The highest BCUT2D eigenvalue weighted by atomic mass is 16.5. The lowest BCUT2D eigenvalue weighted by atomic mass is 9.73. The van der Waals surface area contributed by atoms with Crippen molar-refractivity contribution in [1.82, 2.24) is 4.90 Å². The molecule has 0 aliphatic carbocycles. The fourth-order valence-corrected chi connectivity index (χ4v) is 3.78. The van der Waals surface area contributed by atoms with E-state index >= 15 is 0 Å². The van der Waals surface area contributed by atoms with Crippen molar-refractivity contribution < 1.29 is 14.6 Å². The van der Waals surface area contributed by atoms with Crippen LogP contribution in [0.25, 0.3) is 11.1 Å². The molecule has 1 heterocycles. The van der Waals surface area contributed by atoms with Crippen molar-refractivity contribution >= 4 is 5.91 Å². The molecule has 5 nitrogen and oxygen atoms in total. The first-order valence-corrected chi connectivity index (χ1v) is 8.59. The zero-order valence-corrected chi connectivity index (χ0v) is 14.9. The van der Waals surface area contributed by atoms with Gasteiger partial charge in [0.25, 0.3) is 0 Å². The second kappa shape index (κ2) is 7.69. The quantitative estimate of drug-likeness (QED) is 0.899. The number of carbonyl (C=O) groups excluding carboxylic acids is 1. The maximum atomic E-state index is 12.3. The monoisotopic (exact) mass is 350 g/mol. The van der Waals surface area contributed by atoms with Crippen LogP contribution in [0.15, 0.2) is 48.5 Å². The summed E-state index contributed by atoms with van der Waals surface area (Å²) in [4.78, 5) is 13.7. The Kier molecular flexibility index (Phi) is 5.36. The number of methoxy groups -OCH3 is 1. The maximum Gasteiger partial charge on any atom is 0.249 e. The third kappa shape index (κ3) is 3.10. The molecule has 134 valence electrons. The third-order valence-electron chi connectivity index (χ3n) is 4.94. The number of hydrogen-bond donors (Lipinski definition) is 1. The zero-order chi connectivity index (χ0) is 18.7. The summed E-state index contributed by atoms with van der Waals surface area (Å²) in [6, 6.07) is 17.3. The molecular weight excluding hydrogens is 328 g/mol. The SMILES string of the molecule is COCC(=O)N1[C@@H](C#N)[C@@H](c2ccccc2-c2cccc(C)c2)[C@@H]1CO. The van der Waals surface area contributed by atoms with Gasteiger partial charge in [0.2, 0.25) is 5.91 Å². The minimum Gasteiger partial charge on any atom is -0.394 e. The number of likely N-dealkylation sites (tertiary alicyclic amines) is 1. The number of hydrogen-bond acceptors (Lipinski definition) is 4. The number of aryl methyl sites for hydroxylation is 1. The van der Waals surface area contributed by atoms with Crippen LogP contribution in [0.1, 0.15) is 17.0 Å². The standard InChI is InChI=1S/C21H22N2O3/c1-14-6-5-7-15(10-14)16-8-3-4-9-17(16)21-18(11-22)23(19(21)12-24)20(25)13-26-2/h3-10,18-19,21,24H,12-13H2,1-2H3/t18-,19-,21+/m0/s1. The lowest BCUT2D eigenvalue weighted by molar-refractivity contribution is -0.150. The number of nitriles is 1. The Morgan fingerprint density at radius 1 is 1.27 bits per heavy atom. The predicted octanol–water partition coefficient (Wildman–Crippen LogP) is 2.49. The average Bonchev–Trinajstić information content (AvgIpc) is 2.62. The first-order valence-electron chi connectivity index (χ1n) is 8.59. The minimum absolute atomic E-state index is 0.0963. The van der Waals surface area contributed by atoms with Crippen LogP contribution in [0, 0.1) is 18.3 Å². The van der Waals surface area contributed by atoms with E-state index < -0.39 is 12.1 Å². The molecule has 3 atom stereocenters. The summed E-state index contributed by atoms with van der Waals surface area (Å²) >= 11 is 0. The first-order chi connectivity index (χ1) is 12.6. The second-order valence-electron chi connectivity index (χ2n) is 6.54. The molecule has 2 aromatic carbocycles. The minimum atomic E-state index is -0.610. The van der Waals surface area contributed by atoms with Gasteiger partial charge in [-0.2, -0.15) is 5.26 Å². The number of aliphatic hydroxyl groups excluding tert-OH is 1. The van der Waals surface area contributed by atoms with Gasteiger partial charge in [-0.05, 0) is 23.6 Å². The van der Waals surface area contributed by atoms with Crippen LogP contribution in [-0.2, 0) is 9.53 Å². The normalized spacial score (nSPS) is 21.8. The van der Waals surface area contributed by atoms with Gasteiger partial charge in [-0.3, -0.25) is 4.79 Å². The van der Waals surface area contributed by atoms with E-state index in [1.165, 1.54) is 12.0 Å². The van der Waals surface area contributed by atoms with Crippen LogP contribution >= 0.6 is 0 Å². The molecule has 1 N–H and O–H groups in total. The van der Waals surface area contributed by atoms with Gasteiger partial charge in [0.15, 0.2) is 0 Å². The van der Waals surface area contributed by atoms with E-state index in [0.29, 0.717) is 0 Å². The van der Waals surface area contributed by atoms with Crippen molar-refractivity contribution in [3.8, 4) is 17.2 Å². The van der Waals surface area contributed by atoms with Crippen LogP contribution in [0.5, 0.6) is 0 Å². The molecule has 2 aromatic rings. The van der Waals surface area contributed by atoms with E-state index in [1.54, 1.807) is 0 Å². The molecule has 1 amide bonds. The third-order valence-corrected chi connectivity index (χ3v) is 4.94. The molecular formula is C21H22N2O3. The Morgan fingerprint density at radius 3 is 2.69 bits per heavy atom. The number of aliphatic hydroxyl groups is 1. The lowest BCUT2D eigenvalue weighted by Crippen LogP contribution is -2.66. The van der Waals surface area contributed by atoms with E-state index in [4.69, 9.17) is 4.74 Å². The molecule has 0 aromatic heterocycles. The van der Waals surface area contributed by atoms with Gasteiger partial charge in [0.05, 0.1) is 18.7 Å². The highest BCUT2D eigenvalue weighted by molar-refractivity contribution is 5.81. The number of rotatable bonds is 5. The molecule has 3 rings (SSSR count). The molecule has 26 heavy (non-hydrogen) atoms. The smallest absolute Gasteiger partial charge is 0.249 e. The summed E-state index contributed by atoms with van der Waals surface area (Å²) in [5.74, 6) is -0.509. The van der Waals surface area contributed by atoms with Gasteiger partial charge < -0.3 is 14.7 Å². The molecule has 5 heteroatoms. The van der Waals surface area contributed by atoms with E-state index in [-0.39, 0.29) is 25.0 Å². The number of nitrogens with zero attached hydrogens (tertiary/aromatic N) is 2. The van der Waals surface area contributed by atoms with Gasteiger partial charge in [0.1, 0.15) is 12.6 Å². The Morgan fingerprint density at radius 2 is 2.04 bits per heavy atom. The van der Waals surface area contributed by atoms with E-state index in [0.717, 1.165) is 22.3 Å². The van der Waals surface area contributed by atoms with Gasteiger partial charge in [0, 0.05) is 13.0 Å². The van der Waals surface area contributed by atoms with Crippen LogP contribution < -0.4 is 0 Å². The van der Waals surface area contributed by atoms with Crippen molar-refractivity contribution in [2.75, 3.05) is 20.3 Å². The first kappa shape index (κ1) is 18.1. The Bertz CT molecular complexity index is 843. The van der Waals surface area contributed by atoms with Crippen molar-refractivity contribution in [3.63, 3.8) is 0 Å². The number of amides is 1. The summed E-state index contributed by atoms with van der Waals surface area (Å²) < 4.78 is 4.91. The second-order valence-corrected chi connectivity index (χ2v) is 6.54. The van der Waals surface area contributed by atoms with Crippen LogP contribution in [0.4, 0.5) is 0 Å². The van der Waals surface area contributed by atoms with Crippen molar-refractivity contribution in [2.24, 2.45) is 0 Å². The topological polar surface area (TPSA) is 73.6 Å². The summed E-state index contributed by atoms with van der Waals surface area (Å²) in [5, 5.41) is 19.5. The summed E-state index contributed by atoms with van der Waals surface area (Å²) in [6.45, 7) is 1.75. The Hall–Kier alpha value is -2.68. The number of benzene rings is 2.